The fourth-order valence-electron chi connectivity index (χ4n) is 2.77. The van der Waals surface area contributed by atoms with E-state index in [2.05, 4.69) is 25.8 Å². The van der Waals surface area contributed by atoms with Crippen LogP contribution in [0.15, 0.2) is 40.9 Å². The minimum atomic E-state index is -0.384. The van der Waals surface area contributed by atoms with Crippen LogP contribution >= 0.6 is 23.1 Å². The molecule has 10 heteroatoms. The summed E-state index contributed by atoms with van der Waals surface area (Å²) in [6.45, 7) is 8.16. The van der Waals surface area contributed by atoms with Gasteiger partial charge in [-0.25, -0.2) is 4.98 Å². The fourth-order valence-corrected chi connectivity index (χ4v) is 4.38. The molecule has 2 heterocycles. The largest absolute Gasteiger partial charge is 0.342 e. The van der Waals surface area contributed by atoms with Crippen LogP contribution in [0.25, 0.3) is 0 Å². The average Bonchev–Trinajstić information content (AvgIpc) is 3.33. The predicted octanol–water partition coefficient (Wildman–Crippen LogP) is 3.67. The van der Waals surface area contributed by atoms with E-state index in [1.807, 2.05) is 55.8 Å². The van der Waals surface area contributed by atoms with Crippen LogP contribution in [0.5, 0.6) is 0 Å². The first-order valence-corrected chi connectivity index (χ1v) is 11.3. The summed E-state index contributed by atoms with van der Waals surface area (Å²) in [6.07, 6.45) is 0. The lowest BCUT2D eigenvalue weighted by Crippen LogP contribution is -2.28. The van der Waals surface area contributed by atoms with Gasteiger partial charge in [-0.15, -0.1) is 21.5 Å². The molecule has 0 aliphatic heterocycles. The Bertz CT molecular complexity index is 1020. The van der Waals surface area contributed by atoms with Crippen molar-refractivity contribution in [2.75, 3.05) is 5.32 Å². The van der Waals surface area contributed by atoms with E-state index in [4.69, 9.17) is 0 Å². The molecule has 0 saturated carbocycles. The Hall–Kier alpha value is -2.72. The minimum Gasteiger partial charge on any atom is -0.342 e. The minimum absolute atomic E-state index is 0.146. The zero-order valence-electron chi connectivity index (χ0n) is 17.2. The zero-order chi connectivity index (χ0) is 21.7. The standard InChI is InChI=1S/C20H24N6O2S2/c1-5-26-16(13(3)22-18(28)15-9-7-6-8-10-15)24-25-20(26)30-14(4)17(27)23-19-21-12(2)11-29-19/h6-11,13-14H,5H2,1-4H3,(H,22,28)(H,21,23,27)/t13-,14+/m0/s1. The molecule has 0 radical (unpaired) electrons. The highest BCUT2D eigenvalue weighted by molar-refractivity contribution is 8.00. The smallest absolute Gasteiger partial charge is 0.251 e. The molecule has 0 unspecified atom stereocenters. The molecule has 0 aliphatic carbocycles. The Labute approximate surface area is 183 Å². The molecule has 0 saturated heterocycles. The molecule has 2 amide bonds. The maximum Gasteiger partial charge on any atom is 0.251 e. The first-order valence-electron chi connectivity index (χ1n) is 9.57. The Balaban J connectivity index is 1.67. The molecule has 2 N–H and O–H groups in total. The van der Waals surface area contributed by atoms with Crippen molar-refractivity contribution in [3.63, 3.8) is 0 Å². The van der Waals surface area contributed by atoms with Crippen LogP contribution in [-0.4, -0.2) is 36.8 Å². The van der Waals surface area contributed by atoms with E-state index < -0.39 is 0 Å². The van der Waals surface area contributed by atoms with Gasteiger partial charge in [0.05, 0.1) is 17.0 Å². The maximum atomic E-state index is 12.5. The molecular formula is C20H24N6O2S2. The average molecular weight is 445 g/mol. The summed E-state index contributed by atoms with van der Waals surface area (Å²) < 4.78 is 1.91. The number of carbonyl (C=O) groups excluding carboxylic acids is 2. The van der Waals surface area contributed by atoms with Gasteiger partial charge >= 0.3 is 0 Å². The van der Waals surface area contributed by atoms with Crippen LogP contribution in [0.2, 0.25) is 0 Å². The number of benzene rings is 1. The van der Waals surface area contributed by atoms with E-state index >= 15 is 0 Å². The molecule has 8 nitrogen and oxygen atoms in total. The monoisotopic (exact) mass is 444 g/mol. The van der Waals surface area contributed by atoms with Crippen molar-refractivity contribution in [2.24, 2.45) is 0 Å². The van der Waals surface area contributed by atoms with Gasteiger partial charge < -0.3 is 15.2 Å². The lowest BCUT2D eigenvalue weighted by molar-refractivity contribution is -0.115. The summed E-state index contributed by atoms with van der Waals surface area (Å²) in [7, 11) is 0. The first kappa shape index (κ1) is 22.0. The van der Waals surface area contributed by atoms with Crippen LogP contribution < -0.4 is 10.6 Å². The molecule has 2 aromatic heterocycles. The van der Waals surface area contributed by atoms with E-state index in [1.165, 1.54) is 23.1 Å². The van der Waals surface area contributed by atoms with Crippen LogP contribution in [-0.2, 0) is 11.3 Å². The third-order valence-corrected chi connectivity index (χ3v) is 6.29. The predicted molar refractivity (Wildman–Crippen MR) is 119 cm³/mol. The second kappa shape index (κ2) is 9.86. The van der Waals surface area contributed by atoms with Crippen LogP contribution in [0.3, 0.4) is 0 Å². The van der Waals surface area contributed by atoms with Crippen LogP contribution in [0.4, 0.5) is 5.13 Å². The van der Waals surface area contributed by atoms with Gasteiger partial charge in [-0.2, -0.15) is 0 Å². The second-order valence-corrected chi connectivity index (χ2v) is 8.86. The lowest BCUT2D eigenvalue weighted by atomic mass is 10.2. The zero-order valence-corrected chi connectivity index (χ0v) is 18.9. The number of thioether (sulfide) groups is 1. The van der Waals surface area contributed by atoms with Crippen molar-refractivity contribution in [1.29, 1.82) is 0 Å². The second-order valence-electron chi connectivity index (χ2n) is 6.69. The number of carbonyl (C=O) groups is 2. The number of hydrogen-bond donors (Lipinski definition) is 2. The number of amides is 2. The van der Waals surface area contributed by atoms with Gasteiger partial charge in [-0.05, 0) is 39.8 Å². The van der Waals surface area contributed by atoms with Crippen molar-refractivity contribution in [2.45, 2.75) is 50.7 Å². The summed E-state index contributed by atoms with van der Waals surface area (Å²) in [5, 5.41) is 17.0. The SMILES string of the molecule is CCn1c(S[C@H](C)C(=O)Nc2nc(C)cs2)nnc1[C@H](C)NC(=O)c1ccccc1. The van der Waals surface area contributed by atoms with Crippen LogP contribution in [0, 0.1) is 6.92 Å². The van der Waals surface area contributed by atoms with Crippen molar-refractivity contribution in [1.82, 2.24) is 25.1 Å². The molecule has 0 bridgehead atoms. The highest BCUT2D eigenvalue weighted by Crippen LogP contribution is 2.26. The summed E-state index contributed by atoms with van der Waals surface area (Å²) in [5.74, 6) is 0.328. The Morgan fingerprint density at radius 3 is 2.57 bits per heavy atom. The third-order valence-electron chi connectivity index (χ3n) is 4.33. The van der Waals surface area contributed by atoms with Gasteiger partial charge in [-0.1, -0.05) is 30.0 Å². The van der Waals surface area contributed by atoms with E-state index in [-0.39, 0.29) is 23.1 Å². The molecule has 0 fully saturated rings. The first-order chi connectivity index (χ1) is 14.4. The van der Waals surface area contributed by atoms with Gasteiger partial charge in [-0.3, -0.25) is 9.59 Å². The molecule has 3 aromatic rings. The van der Waals surface area contributed by atoms with Crippen LogP contribution in [0.1, 0.15) is 48.7 Å². The molecule has 3 rings (SSSR count). The van der Waals surface area contributed by atoms with Gasteiger partial charge in [0, 0.05) is 17.5 Å². The summed E-state index contributed by atoms with van der Waals surface area (Å²) in [5.41, 5.74) is 1.46. The van der Waals surface area contributed by atoms with Crippen molar-refractivity contribution >= 4 is 40.0 Å². The van der Waals surface area contributed by atoms with Gasteiger partial charge in [0.15, 0.2) is 16.1 Å². The number of aryl methyl sites for hydroxylation is 1. The Kier molecular flexibility index (Phi) is 7.22. The molecular weight excluding hydrogens is 420 g/mol. The topological polar surface area (TPSA) is 102 Å². The fraction of sp³-hybridized carbons (Fsp3) is 0.350. The van der Waals surface area contributed by atoms with E-state index in [1.54, 1.807) is 12.1 Å². The van der Waals surface area contributed by atoms with Crippen molar-refractivity contribution in [3.8, 4) is 0 Å². The van der Waals surface area contributed by atoms with Gasteiger partial charge in [0.1, 0.15) is 0 Å². The Morgan fingerprint density at radius 2 is 1.93 bits per heavy atom. The van der Waals surface area contributed by atoms with Crippen molar-refractivity contribution in [3.05, 3.63) is 52.8 Å². The molecule has 158 valence electrons. The maximum absolute atomic E-state index is 12.5. The number of anilines is 1. The number of aromatic nitrogens is 4. The highest BCUT2D eigenvalue weighted by atomic mass is 32.2. The lowest BCUT2D eigenvalue weighted by Gasteiger charge is -2.16. The number of hydrogen-bond acceptors (Lipinski definition) is 7. The summed E-state index contributed by atoms with van der Waals surface area (Å²) in [6, 6.07) is 8.70. The molecule has 0 spiro atoms. The normalized spacial score (nSPS) is 12.9. The number of thiazole rings is 1. The van der Waals surface area contributed by atoms with Gasteiger partial charge in [0.25, 0.3) is 5.91 Å². The highest BCUT2D eigenvalue weighted by Gasteiger charge is 2.23. The van der Waals surface area contributed by atoms with E-state index in [9.17, 15) is 9.59 Å². The number of nitrogens with one attached hydrogen (secondary N) is 2. The quantitative estimate of drug-likeness (QED) is 0.514. The summed E-state index contributed by atoms with van der Waals surface area (Å²) in [4.78, 5) is 29.2. The molecule has 0 aliphatic rings. The Morgan fingerprint density at radius 1 is 1.20 bits per heavy atom. The summed E-state index contributed by atoms with van der Waals surface area (Å²) >= 11 is 2.72. The third kappa shape index (κ3) is 5.25. The van der Waals surface area contributed by atoms with Gasteiger partial charge in [0.2, 0.25) is 5.91 Å². The molecule has 2 atom stereocenters. The van der Waals surface area contributed by atoms with E-state index in [0.29, 0.717) is 28.2 Å². The molecule has 1 aromatic carbocycles. The number of rotatable bonds is 8. The van der Waals surface area contributed by atoms with Crippen molar-refractivity contribution < 1.29 is 9.59 Å². The number of nitrogens with zero attached hydrogens (tertiary/aromatic N) is 4. The molecule has 30 heavy (non-hydrogen) atoms. The van der Waals surface area contributed by atoms with E-state index in [0.717, 1.165) is 5.69 Å².